The Labute approximate surface area is 92.1 Å². The molecule has 0 aromatic carbocycles. The first-order valence-electron chi connectivity index (χ1n) is 5.72. The summed E-state index contributed by atoms with van der Waals surface area (Å²) < 4.78 is 1.87. The van der Waals surface area contributed by atoms with Gasteiger partial charge in [0.2, 0.25) is 0 Å². The molecular formula is C12H22N2O. The SMILES string of the molecule is CCCC(O)(CC)Cc1cc(C)nn1C. The van der Waals surface area contributed by atoms with Crippen LogP contribution in [-0.2, 0) is 13.5 Å². The van der Waals surface area contributed by atoms with Crippen molar-refractivity contribution in [1.29, 1.82) is 0 Å². The summed E-state index contributed by atoms with van der Waals surface area (Å²) in [6, 6.07) is 2.05. The summed E-state index contributed by atoms with van der Waals surface area (Å²) >= 11 is 0. The van der Waals surface area contributed by atoms with Gasteiger partial charge in [-0.3, -0.25) is 4.68 Å². The molecular weight excluding hydrogens is 188 g/mol. The van der Waals surface area contributed by atoms with E-state index in [-0.39, 0.29) is 0 Å². The van der Waals surface area contributed by atoms with E-state index in [2.05, 4.69) is 18.1 Å². The molecule has 0 saturated heterocycles. The number of aryl methyl sites for hydroxylation is 2. The van der Waals surface area contributed by atoms with E-state index >= 15 is 0 Å². The highest BCUT2D eigenvalue weighted by molar-refractivity contribution is 5.11. The number of aromatic nitrogens is 2. The van der Waals surface area contributed by atoms with Crippen molar-refractivity contribution in [2.75, 3.05) is 0 Å². The summed E-state index contributed by atoms with van der Waals surface area (Å²) in [5.74, 6) is 0. The molecule has 0 radical (unpaired) electrons. The molecule has 15 heavy (non-hydrogen) atoms. The molecule has 0 spiro atoms. The molecule has 0 saturated carbocycles. The van der Waals surface area contributed by atoms with E-state index in [0.29, 0.717) is 6.42 Å². The normalized spacial score (nSPS) is 15.3. The maximum Gasteiger partial charge on any atom is 0.0700 e. The van der Waals surface area contributed by atoms with Crippen LogP contribution in [0.3, 0.4) is 0 Å². The predicted octanol–water partition coefficient (Wildman–Crippen LogP) is 2.21. The van der Waals surface area contributed by atoms with Crippen molar-refractivity contribution >= 4 is 0 Å². The van der Waals surface area contributed by atoms with Gasteiger partial charge in [-0.2, -0.15) is 5.10 Å². The topological polar surface area (TPSA) is 38.1 Å². The van der Waals surface area contributed by atoms with Gasteiger partial charge in [-0.15, -0.1) is 0 Å². The van der Waals surface area contributed by atoms with E-state index in [0.717, 1.165) is 30.7 Å². The van der Waals surface area contributed by atoms with Gasteiger partial charge in [-0.25, -0.2) is 0 Å². The number of rotatable bonds is 5. The lowest BCUT2D eigenvalue weighted by Crippen LogP contribution is -2.31. The lowest BCUT2D eigenvalue weighted by Gasteiger charge is -2.26. The highest BCUT2D eigenvalue weighted by Gasteiger charge is 2.25. The lowest BCUT2D eigenvalue weighted by molar-refractivity contribution is 0.0253. The van der Waals surface area contributed by atoms with E-state index in [1.807, 2.05) is 25.6 Å². The Hall–Kier alpha value is -0.830. The molecule has 3 heteroatoms. The van der Waals surface area contributed by atoms with Crippen LogP contribution < -0.4 is 0 Å². The van der Waals surface area contributed by atoms with Crippen LogP contribution in [-0.4, -0.2) is 20.5 Å². The smallest absolute Gasteiger partial charge is 0.0700 e. The van der Waals surface area contributed by atoms with E-state index in [9.17, 15) is 5.11 Å². The highest BCUT2D eigenvalue weighted by Crippen LogP contribution is 2.22. The van der Waals surface area contributed by atoms with Crippen LogP contribution in [0.1, 0.15) is 44.5 Å². The predicted molar refractivity (Wildman–Crippen MR) is 61.8 cm³/mol. The van der Waals surface area contributed by atoms with Crippen LogP contribution in [0.5, 0.6) is 0 Å². The Balaban J connectivity index is 2.78. The quantitative estimate of drug-likeness (QED) is 0.809. The second-order valence-corrected chi connectivity index (χ2v) is 4.41. The Morgan fingerprint density at radius 3 is 2.53 bits per heavy atom. The molecule has 0 fully saturated rings. The van der Waals surface area contributed by atoms with Gasteiger partial charge in [0.15, 0.2) is 0 Å². The van der Waals surface area contributed by atoms with Gasteiger partial charge < -0.3 is 5.11 Å². The fraction of sp³-hybridized carbons (Fsp3) is 0.750. The van der Waals surface area contributed by atoms with Crippen LogP contribution in [0.15, 0.2) is 6.07 Å². The molecule has 0 aliphatic heterocycles. The third-order valence-corrected chi connectivity index (χ3v) is 2.98. The van der Waals surface area contributed by atoms with Gasteiger partial charge >= 0.3 is 0 Å². The zero-order valence-electron chi connectivity index (χ0n) is 10.2. The first-order chi connectivity index (χ1) is 7.00. The van der Waals surface area contributed by atoms with Gasteiger partial charge in [0.25, 0.3) is 0 Å². The second kappa shape index (κ2) is 4.79. The number of aliphatic hydroxyl groups is 1. The van der Waals surface area contributed by atoms with Crippen molar-refractivity contribution in [3.05, 3.63) is 17.5 Å². The van der Waals surface area contributed by atoms with Crippen LogP contribution in [0.25, 0.3) is 0 Å². The molecule has 1 aromatic heterocycles. The summed E-state index contributed by atoms with van der Waals surface area (Å²) in [4.78, 5) is 0. The summed E-state index contributed by atoms with van der Waals surface area (Å²) in [6.45, 7) is 6.13. The van der Waals surface area contributed by atoms with E-state index in [4.69, 9.17) is 0 Å². The van der Waals surface area contributed by atoms with Gasteiger partial charge in [0.1, 0.15) is 0 Å². The number of hydrogen-bond donors (Lipinski definition) is 1. The molecule has 0 amide bonds. The minimum Gasteiger partial charge on any atom is -0.389 e. The molecule has 0 aliphatic carbocycles. The van der Waals surface area contributed by atoms with Gasteiger partial charge in [0, 0.05) is 19.2 Å². The summed E-state index contributed by atoms with van der Waals surface area (Å²) in [5, 5.41) is 14.7. The molecule has 0 aliphatic rings. The van der Waals surface area contributed by atoms with E-state index in [1.165, 1.54) is 0 Å². The van der Waals surface area contributed by atoms with Crippen molar-refractivity contribution < 1.29 is 5.11 Å². The second-order valence-electron chi connectivity index (χ2n) is 4.41. The van der Waals surface area contributed by atoms with Crippen molar-refractivity contribution in [2.24, 2.45) is 7.05 Å². The fourth-order valence-electron chi connectivity index (χ4n) is 2.02. The van der Waals surface area contributed by atoms with E-state index in [1.54, 1.807) is 0 Å². The first-order valence-corrected chi connectivity index (χ1v) is 5.72. The monoisotopic (exact) mass is 210 g/mol. The van der Waals surface area contributed by atoms with Gasteiger partial charge in [0.05, 0.1) is 11.3 Å². The Morgan fingerprint density at radius 2 is 2.13 bits per heavy atom. The van der Waals surface area contributed by atoms with Gasteiger partial charge in [-0.1, -0.05) is 20.3 Å². The first kappa shape index (κ1) is 12.2. The maximum atomic E-state index is 10.4. The number of hydrogen-bond acceptors (Lipinski definition) is 2. The molecule has 1 heterocycles. The average molecular weight is 210 g/mol. The summed E-state index contributed by atoms with van der Waals surface area (Å²) in [5.41, 5.74) is 1.57. The molecule has 0 bridgehead atoms. The largest absolute Gasteiger partial charge is 0.389 e. The molecule has 1 N–H and O–H groups in total. The van der Waals surface area contributed by atoms with Crippen molar-refractivity contribution in [3.63, 3.8) is 0 Å². The summed E-state index contributed by atoms with van der Waals surface area (Å²) in [6.07, 6.45) is 3.37. The third-order valence-electron chi connectivity index (χ3n) is 2.98. The fourth-order valence-corrected chi connectivity index (χ4v) is 2.02. The average Bonchev–Trinajstić information content (AvgIpc) is 2.45. The van der Waals surface area contributed by atoms with E-state index < -0.39 is 5.60 Å². The summed E-state index contributed by atoms with van der Waals surface area (Å²) in [7, 11) is 1.93. The molecule has 1 atom stereocenters. The minimum absolute atomic E-state index is 0.561. The minimum atomic E-state index is -0.561. The Bertz CT molecular complexity index is 319. The third kappa shape index (κ3) is 3.06. The maximum absolute atomic E-state index is 10.4. The van der Waals surface area contributed by atoms with Gasteiger partial charge in [-0.05, 0) is 25.8 Å². The molecule has 86 valence electrons. The highest BCUT2D eigenvalue weighted by atomic mass is 16.3. The zero-order chi connectivity index (χ0) is 11.5. The van der Waals surface area contributed by atoms with Crippen LogP contribution in [0, 0.1) is 6.92 Å². The standard InChI is InChI=1S/C12H22N2O/c1-5-7-12(15,6-2)9-11-8-10(3)13-14(11)4/h8,15H,5-7,9H2,1-4H3. The molecule has 1 aromatic rings. The van der Waals surface area contributed by atoms with Crippen molar-refractivity contribution in [1.82, 2.24) is 9.78 Å². The Kier molecular flexibility index (Phi) is 3.91. The lowest BCUT2D eigenvalue weighted by atomic mass is 9.90. The number of nitrogens with zero attached hydrogens (tertiary/aromatic N) is 2. The molecule has 3 nitrogen and oxygen atoms in total. The Morgan fingerprint density at radius 1 is 1.47 bits per heavy atom. The van der Waals surface area contributed by atoms with Crippen LogP contribution >= 0.6 is 0 Å². The zero-order valence-corrected chi connectivity index (χ0v) is 10.2. The van der Waals surface area contributed by atoms with Crippen LogP contribution in [0.2, 0.25) is 0 Å². The van der Waals surface area contributed by atoms with Crippen LogP contribution in [0.4, 0.5) is 0 Å². The molecule has 1 unspecified atom stereocenters. The van der Waals surface area contributed by atoms with Crippen molar-refractivity contribution in [3.8, 4) is 0 Å². The van der Waals surface area contributed by atoms with Crippen molar-refractivity contribution in [2.45, 2.75) is 52.1 Å². The molecule has 1 rings (SSSR count).